The Hall–Kier alpha value is 0.380. The minimum absolute atomic E-state index is 0.0163. The molecule has 0 amide bonds. The van der Waals surface area contributed by atoms with Crippen LogP contribution in [-0.2, 0) is 9.53 Å². The van der Waals surface area contributed by atoms with E-state index >= 15 is 0 Å². The van der Waals surface area contributed by atoms with Crippen LogP contribution in [0.5, 0.6) is 0 Å². The molecule has 0 aromatic heterocycles. The number of esters is 1. The predicted molar refractivity (Wildman–Crippen MR) is 78.3 cm³/mol. The molecule has 20 heavy (non-hydrogen) atoms. The number of ether oxygens (including phenoxy) is 1. The molecular formula is C14H19I2N2O2-. The Morgan fingerprint density at radius 2 is 2.20 bits per heavy atom. The summed E-state index contributed by atoms with van der Waals surface area (Å²) in [4.78, 5) is 12.2. The van der Waals surface area contributed by atoms with Crippen molar-refractivity contribution in [1.82, 2.24) is 3.53 Å². The van der Waals surface area contributed by atoms with Gasteiger partial charge in [-0.2, -0.15) is 0 Å². The number of fused-ring (bicyclic) bond motifs is 2. The van der Waals surface area contributed by atoms with Crippen LogP contribution in [0.25, 0.3) is 0 Å². The van der Waals surface area contributed by atoms with Crippen LogP contribution in [0.3, 0.4) is 0 Å². The van der Waals surface area contributed by atoms with E-state index in [-0.39, 0.29) is 27.4 Å². The molecule has 4 nitrogen and oxygen atoms in total. The summed E-state index contributed by atoms with van der Waals surface area (Å²) in [5, 5.41) is 8.89. The molecule has 2 bridgehead atoms. The van der Waals surface area contributed by atoms with E-state index in [0.29, 0.717) is 34.8 Å². The molecule has 1 N–H and O–H groups in total. The molecule has 1 heterocycles. The van der Waals surface area contributed by atoms with Gasteiger partial charge >= 0.3 is 145 Å². The molecule has 6 atom stereocenters. The zero-order chi connectivity index (χ0) is 14.3. The van der Waals surface area contributed by atoms with E-state index < -0.39 is 3.42 Å². The Bertz CT molecular complexity index is 445. The van der Waals surface area contributed by atoms with Gasteiger partial charge in [-0.25, -0.2) is 0 Å². The van der Waals surface area contributed by atoms with Crippen molar-refractivity contribution in [1.29, 1.82) is 5.26 Å². The number of nitrogens with one attached hydrogen (secondary N) is 1. The normalized spacial score (nSPS) is 41.4. The molecule has 0 radical (unpaired) electrons. The van der Waals surface area contributed by atoms with Crippen molar-refractivity contribution in [3.63, 3.8) is 0 Å². The second-order valence-electron chi connectivity index (χ2n) is 6.37. The summed E-state index contributed by atoms with van der Waals surface area (Å²) < 4.78 is 8.90. The molecule has 0 aromatic rings. The van der Waals surface area contributed by atoms with Gasteiger partial charge in [0.25, 0.3) is 0 Å². The monoisotopic (exact) mass is 501 g/mol. The van der Waals surface area contributed by atoms with Crippen LogP contribution in [0.15, 0.2) is 0 Å². The molecule has 6 heteroatoms. The van der Waals surface area contributed by atoms with Crippen LogP contribution in [0.2, 0.25) is 0 Å². The van der Waals surface area contributed by atoms with E-state index in [1.165, 1.54) is 19.3 Å². The molecule has 3 aliphatic rings. The van der Waals surface area contributed by atoms with Crippen molar-refractivity contribution >= 4 is 28.6 Å². The Kier molecular flexibility index (Phi) is 4.49. The number of hydrogen-bond donors (Lipinski definition) is 1. The quantitative estimate of drug-likeness (QED) is 0.134. The van der Waals surface area contributed by atoms with E-state index in [1.54, 1.807) is 0 Å². The van der Waals surface area contributed by atoms with E-state index in [1.807, 2.05) is 6.92 Å². The van der Waals surface area contributed by atoms with E-state index in [4.69, 9.17) is 10.00 Å². The molecule has 0 aromatic carbocycles. The molecule has 3 fully saturated rings. The molecule has 2 saturated carbocycles. The van der Waals surface area contributed by atoms with Crippen LogP contribution in [0.4, 0.5) is 0 Å². The van der Waals surface area contributed by atoms with Crippen molar-refractivity contribution in [2.75, 3.05) is 6.61 Å². The Balaban J connectivity index is 1.52. The number of alkyl halides is 2. The Morgan fingerprint density at radius 3 is 2.80 bits per heavy atom. The van der Waals surface area contributed by atoms with Gasteiger partial charge in [0.15, 0.2) is 0 Å². The van der Waals surface area contributed by atoms with Crippen molar-refractivity contribution in [3.8, 4) is 6.07 Å². The first-order valence-electron chi connectivity index (χ1n) is 7.13. The Morgan fingerprint density at radius 1 is 1.50 bits per heavy atom. The summed E-state index contributed by atoms with van der Waals surface area (Å²) in [7, 11) is 0. The first-order chi connectivity index (χ1) is 9.52. The van der Waals surface area contributed by atoms with E-state index in [9.17, 15) is 4.79 Å². The molecule has 3 rings (SSSR count). The van der Waals surface area contributed by atoms with Crippen LogP contribution < -0.4 is 25.0 Å². The number of nitriles is 1. The summed E-state index contributed by atoms with van der Waals surface area (Å²) in [5.41, 5.74) is 0. The summed E-state index contributed by atoms with van der Waals surface area (Å²) in [5.74, 6) is 2.35. The van der Waals surface area contributed by atoms with Gasteiger partial charge in [-0.05, 0) is 0 Å². The first-order valence-corrected chi connectivity index (χ1v) is 10.5. The van der Waals surface area contributed by atoms with Crippen molar-refractivity contribution < 1.29 is 31.0 Å². The zero-order valence-corrected chi connectivity index (χ0v) is 15.8. The third kappa shape index (κ3) is 2.95. The molecular weight excluding hydrogens is 482 g/mol. The molecule has 1 saturated heterocycles. The predicted octanol–water partition coefficient (Wildman–Crippen LogP) is -0.767. The van der Waals surface area contributed by atoms with Crippen molar-refractivity contribution in [3.05, 3.63) is 0 Å². The van der Waals surface area contributed by atoms with Gasteiger partial charge < -0.3 is 0 Å². The second kappa shape index (κ2) is 5.88. The molecule has 6 unspecified atom stereocenters. The maximum atomic E-state index is 12.2. The third-order valence-corrected chi connectivity index (χ3v) is 9.71. The van der Waals surface area contributed by atoms with Crippen LogP contribution in [0.1, 0.15) is 32.6 Å². The summed E-state index contributed by atoms with van der Waals surface area (Å²) in [6.07, 6.45) is 4.31. The summed E-state index contributed by atoms with van der Waals surface area (Å²) >= 11 is 2.25. The van der Waals surface area contributed by atoms with Gasteiger partial charge in [0.2, 0.25) is 0 Å². The second-order valence-corrected chi connectivity index (χ2v) is 11.1. The van der Waals surface area contributed by atoms with E-state index in [0.717, 1.165) is 5.92 Å². The molecule has 1 aliphatic heterocycles. The fourth-order valence-electron chi connectivity index (χ4n) is 3.86. The molecule has 2 aliphatic carbocycles. The number of carbonyl (C=O) groups excluding carboxylic acids is 1. The summed E-state index contributed by atoms with van der Waals surface area (Å²) in [6, 6.07) is 2.31. The van der Waals surface area contributed by atoms with Crippen molar-refractivity contribution in [2.45, 2.75) is 40.1 Å². The average Bonchev–Trinajstić information content (AvgIpc) is 3.11. The van der Waals surface area contributed by atoms with E-state index in [2.05, 4.69) is 32.2 Å². The first kappa shape index (κ1) is 15.3. The fraction of sp³-hybridized carbons (Fsp3) is 0.857. The van der Waals surface area contributed by atoms with Crippen LogP contribution in [0, 0.1) is 35.0 Å². The van der Waals surface area contributed by atoms with Gasteiger partial charge in [-0.1, -0.05) is 0 Å². The van der Waals surface area contributed by atoms with Gasteiger partial charge in [-0.3, -0.25) is 0 Å². The number of rotatable bonds is 5. The van der Waals surface area contributed by atoms with Gasteiger partial charge in [0.1, 0.15) is 0 Å². The van der Waals surface area contributed by atoms with Crippen LogP contribution >= 0.6 is 22.6 Å². The van der Waals surface area contributed by atoms with Gasteiger partial charge in [-0.15, -0.1) is 0 Å². The van der Waals surface area contributed by atoms with Crippen LogP contribution in [-0.4, -0.2) is 20.0 Å². The van der Waals surface area contributed by atoms with Gasteiger partial charge in [0.05, 0.1) is 0 Å². The van der Waals surface area contributed by atoms with Gasteiger partial charge in [0, 0.05) is 0 Å². The third-order valence-electron chi connectivity index (χ3n) is 4.96. The number of carbonyl (C=O) groups is 1. The maximum absolute atomic E-state index is 12.2. The topological polar surface area (TPSA) is 72.0 Å². The fourth-order valence-corrected chi connectivity index (χ4v) is 7.20. The Labute approximate surface area is 144 Å². The average molecular weight is 501 g/mol. The number of halogens is 2. The molecule has 112 valence electrons. The number of nitrogens with zero attached hydrogens (tertiary/aromatic N) is 1. The summed E-state index contributed by atoms with van der Waals surface area (Å²) in [6.45, 7) is 2.53. The zero-order valence-electron chi connectivity index (χ0n) is 11.4. The number of hydrogen-bond acceptors (Lipinski definition) is 4. The molecule has 0 spiro atoms. The minimum atomic E-state index is -0.394. The standard InChI is InChI=1S/C14H19I2N2O2/c1-14(15,12-16-18-12)13(19)20-7-10-5-8-4-9(2-3-17)11(10)6-8/h8-12,18H,2,4-7H2,1H3/q-1. The SMILES string of the molecule is CC(I)(C(=O)OCC1CC2CC(CC#N)C1C2)C1N[I-]1. The van der Waals surface area contributed by atoms with Crippen molar-refractivity contribution in [2.24, 2.45) is 23.7 Å².